The van der Waals surface area contributed by atoms with Crippen LogP contribution in [0.15, 0.2) is 29.3 Å². The summed E-state index contributed by atoms with van der Waals surface area (Å²) in [7, 11) is 0. The molecule has 26 heavy (non-hydrogen) atoms. The molecule has 2 rings (SSSR count). The fourth-order valence-corrected chi connectivity index (χ4v) is 2.84. The SMILES string of the molecule is CCNC(=NCC(C)Oc1ccc(F)cc1)NC1CCN(C(=O)CC)C1. The predicted molar refractivity (Wildman–Crippen MR) is 101 cm³/mol. The Hall–Kier alpha value is -2.31. The number of carbonyl (C=O) groups is 1. The molecule has 144 valence electrons. The van der Waals surface area contributed by atoms with Crippen LogP contribution in [0, 0.1) is 5.82 Å². The Labute approximate surface area is 154 Å². The number of amides is 1. The van der Waals surface area contributed by atoms with E-state index in [4.69, 9.17) is 4.74 Å². The quantitative estimate of drug-likeness (QED) is 0.575. The summed E-state index contributed by atoms with van der Waals surface area (Å²) in [5.74, 6) is 1.25. The molecule has 1 aromatic rings. The molecule has 1 fully saturated rings. The minimum Gasteiger partial charge on any atom is -0.489 e. The van der Waals surface area contributed by atoms with Gasteiger partial charge < -0.3 is 20.3 Å². The molecule has 0 aromatic heterocycles. The van der Waals surface area contributed by atoms with E-state index < -0.39 is 0 Å². The number of nitrogens with one attached hydrogen (secondary N) is 2. The zero-order valence-corrected chi connectivity index (χ0v) is 15.8. The second-order valence-corrected chi connectivity index (χ2v) is 6.43. The van der Waals surface area contributed by atoms with E-state index in [9.17, 15) is 9.18 Å². The molecule has 1 aliphatic rings. The lowest BCUT2D eigenvalue weighted by atomic mass is 10.3. The number of nitrogens with zero attached hydrogens (tertiary/aromatic N) is 2. The van der Waals surface area contributed by atoms with Gasteiger partial charge in [-0.05, 0) is 44.5 Å². The summed E-state index contributed by atoms with van der Waals surface area (Å²) >= 11 is 0. The van der Waals surface area contributed by atoms with Gasteiger partial charge in [-0.1, -0.05) is 6.92 Å². The number of hydrogen-bond acceptors (Lipinski definition) is 3. The molecule has 0 spiro atoms. The van der Waals surface area contributed by atoms with Crippen LogP contribution >= 0.6 is 0 Å². The average molecular weight is 364 g/mol. The van der Waals surface area contributed by atoms with Crippen LogP contribution in [0.4, 0.5) is 4.39 Å². The third-order valence-corrected chi connectivity index (χ3v) is 4.19. The first-order valence-corrected chi connectivity index (χ1v) is 9.26. The van der Waals surface area contributed by atoms with Crippen molar-refractivity contribution >= 4 is 11.9 Å². The van der Waals surface area contributed by atoms with Crippen molar-refractivity contribution in [1.29, 1.82) is 0 Å². The number of benzene rings is 1. The van der Waals surface area contributed by atoms with Gasteiger partial charge in [0.25, 0.3) is 0 Å². The number of ether oxygens (including phenoxy) is 1. The first kappa shape index (κ1) is 20.0. The van der Waals surface area contributed by atoms with Crippen LogP contribution in [0.25, 0.3) is 0 Å². The van der Waals surface area contributed by atoms with E-state index in [1.807, 2.05) is 25.7 Å². The van der Waals surface area contributed by atoms with Crippen LogP contribution in [-0.4, -0.2) is 55.1 Å². The molecule has 2 unspecified atom stereocenters. The van der Waals surface area contributed by atoms with Crippen LogP contribution in [0.5, 0.6) is 5.75 Å². The largest absolute Gasteiger partial charge is 0.489 e. The van der Waals surface area contributed by atoms with Gasteiger partial charge in [-0.2, -0.15) is 0 Å². The van der Waals surface area contributed by atoms with Gasteiger partial charge in [-0.25, -0.2) is 9.38 Å². The van der Waals surface area contributed by atoms with Gasteiger partial charge in [0.2, 0.25) is 5.91 Å². The predicted octanol–water partition coefficient (Wildman–Crippen LogP) is 2.16. The van der Waals surface area contributed by atoms with E-state index in [-0.39, 0.29) is 23.9 Å². The van der Waals surface area contributed by atoms with Crippen LogP contribution in [-0.2, 0) is 4.79 Å². The Morgan fingerprint density at radius 1 is 1.38 bits per heavy atom. The highest BCUT2D eigenvalue weighted by Gasteiger charge is 2.25. The van der Waals surface area contributed by atoms with Gasteiger partial charge in [0.1, 0.15) is 17.7 Å². The molecule has 0 saturated carbocycles. The molecule has 0 bridgehead atoms. The molecule has 0 radical (unpaired) electrons. The topological polar surface area (TPSA) is 66.0 Å². The third-order valence-electron chi connectivity index (χ3n) is 4.19. The number of guanidine groups is 1. The Morgan fingerprint density at radius 3 is 2.77 bits per heavy atom. The van der Waals surface area contributed by atoms with Crippen LogP contribution in [0.2, 0.25) is 0 Å². The van der Waals surface area contributed by atoms with Crippen molar-refractivity contribution in [2.24, 2.45) is 4.99 Å². The molecule has 2 N–H and O–H groups in total. The molecule has 1 heterocycles. The first-order chi connectivity index (χ1) is 12.5. The maximum atomic E-state index is 12.9. The van der Waals surface area contributed by atoms with Crippen LogP contribution in [0.1, 0.15) is 33.6 Å². The number of likely N-dealkylation sites (tertiary alicyclic amines) is 1. The van der Waals surface area contributed by atoms with Gasteiger partial charge in [-0.15, -0.1) is 0 Å². The van der Waals surface area contributed by atoms with Crippen LogP contribution in [0.3, 0.4) is 0 Å². The molecule has 1 aromatic carbocycles. The molecular weight excluding hydrogens is 335 g/mol. The Morgan fingerprint density at radius 2 is 2.12 bits per heavy atom. The summed E-state index contributed by atoms with van der Waals surface area (Å²) in [6.45, 7) is 8.54. The highest BCUT2D eigenvalue weighted by atomic mass is 19.1. The van der Waals surface area contributed by atoms with Crippen molar-refractivity contribution in [3.8, 4) is 5.75 Å². The zero-order valence-electron chi connectivity index (χ0n) is 15.8. The third kappa shape index (κ3) is 6.20. The number of rotatable bonds is 7. The number of halogens is 1. The second-order valence-electron chi connectivity index (χ2n) is 6.43. The number of aliphatic imine (C=N–C) groups is 1. The minimum atomic E-state index is -0.284. The van der Waals surface area contributed by atoms with Gasteiger partial charge in [-0.3, -0.25) is 4.79 Å². The Bertz CT molecular complexity index is 606. The molecule has 2 atom stereocenters. The van der Waals surface area contributed by atoms with E-state index in [1.54, 1.807) is 12.1 Å². The van der Waals surface area contributed by atoms with E-state index >= 15 is 0 Å². The standard InChI is InChI=1S/C19H29FN4O2/c1-4-18(25)24-11-10-16(13-24)23-19(21-5-2)22-12-14(3)26-17-8-6-15(20)7-9-17/h6-9,14,16H,4-5,10-13H2,1-3H3,(H2,21,22,23). The van der Waals surface area contributed by atoms with E-state index in [2.05, 4.69) is 15.6 Å². The molecule has 1 aliphatic heterocycles. The van der Waals surface area contributed by atoms with E-state index in [1.165, 1.54) is 12.1 Å². The average Bonchev–Trinajstić information content (AvgIpc) is 3.10. The second kappa shape index (κ2) is 9.99. The van der Waals surface area contributed by atoms with Gasteiger partial charge >= 0.3 is 0 Å². The summed E-state index contributed by atoms with van der Waals surface area (Å²) in [5.41, 5.74) is 0. The fourth-order valence-electron chi connectivity index (χ4n) is 2.84. The smallest absolute Gasteiger partial charge is 0.222 e. The summed E-state index contributed by atoms with van der Waals surface area (Å²) in [6, 6.07) is 6.17. The fraction of sp³-hybridized carbons (Fsp3) is 0.579. The van der Waals surface area contributed by atoms with E-state index in [0.717, 1.165) is 25.5 Å². The number of carbonyl (C=O) groups excluding carboxylic acids is 1. The lowest BCUT2D eigenvalue weighted by molar-refractivity contribution is -0.129. The minimum absolute atomic E-state index is 0.141. The maximum Gasteiger partial charge on any atom is 0.222 e. The van der Waals surface area contributed by atoms with Gasteiger partial charge in [0, 0.05) is 32.1 Å². The lowest BCUT2D eigenvalue weighted by Crippen LogP contribution is -2.45. The van der Waals surface area contributed by atoms with Crippen molar-refractivity contribution in [1.82, 2.24) is 15.5 Å². The molecule has 7 heteroatoms. The molecule has 1 saturated heterocycles. The Balaban J connectivity index is 1.85. The Kier molecular flexibility index (Phi) is 7.69. The lowest BCUT2D eigenvalue weighted by Gasteiger charge is -2.19. The molecule has 6 nitrogen and oxygen atoms in total. The summed E-state index contributed by atoms with van der Waals surface area (Å²) in [4.78, 5) is 18.3. The first-order valence-electron chi connectivity index (χ1n) is 9.26. The molecular formula is C19H29FN4O2. The highest BCUT2D eigenvalue weighted by Crippen LogP contribution is 2.13. The number of hydrogen-bond donors (Lipinski definition) is 2. The van der Waals surface area contributed by atoms with Crippen LogP contribution < -0.4 is 15.4 Å². The van der Waals surface area contributed by atoms with Crippen molar-refractivity contribution in [2.45, 2.75) is 45.8 Å². The van der Waals surface area contributed by atoms with Gasteiger partial charge in [0.05, 0.1) is 6.54 Å². The van der Waals surface area contributed by atoms with E-state index in [0.29, 0.717) is 25.3 Å². The summed E-state index contributed by atoms with van der Waals surface area (Å²) in [5, 5.41) is 6.62. The van der Waals surface area contributed by atoms with Crippen molar-refractivity contribution < 1.29 is 13.9 Å². The highest BCUT2D eigenvalue weighted by molar-refractivity contribution is 5.80. The summed E-state index contributed by atoms with van der Waals surface area (Å²) < 4.78 is 18.7. The maximum absolute atomic E-state index is 12.9. The zero-order chi connectivity index (χ0) is 18.9. The van der Waals surface area contributed by atoms with Crippen molar-refractivity contribution in [2.75, 3.05) is 26.2 Å². The normalized spacial score (nSPS) is 18.5. The summed E-state index contributed by atoms with van der Waals surface area (Å²) in [6.07, 6.45) is 1.31. The molecule has 1 amide bonds. The van der Waals surface area contributed by atoms with Gasteiger partial charge in [0.15, 0.2) is 5.96 Å². The van der Waals surface area contributed by atoms with Crippen molar-refractivity contribution in [3.63, 3.8) is 0 Å². The monoisotopic (exact) mass is 364 g/mol. The molecule has 0 aliphatic carbocycles. The van der Waals surface area contributed by atoms with Crippen molar-refractivity contribution in [3.05, 3.63) is 30.1 Å².